The molecule has 1 amide bonds. The molecule has 1 aliphatic rings. The van der Waals surface area contributed by atoms with Crippen molar-refractivity contribution in [3.63, 3.8) is 0 Å². The van der Waals surface area contributed by atoms with Crippen molar-refractivity contribution in [1.29, 1.82) is 0 Å². The van der Waals surface area contributed by atoms with Crippen LogP contribution in [0.15, 0.2) is 58.4 Å². The molecule has 0 saturated carbocycles. The monoisotopic (exact) mass is 558 g/mol. The van der Waals surface area contributed by atoms with E-state index in [2.05, 4.69) is 4.98 Å². The first-order valence-electron chi connectivity index (χ1n) is 11.7. The van der Waals surface area contributed by atoms with Crippen molar-refractivity contribution >= 4 is 54.0 Å². The summed E-state index contributed by atoms with van der Waals surface area (Å²) in [7, 11) is -0.671. The molecule has 37 heavy (non-hydrogen) atoms. The highest BCUT2D eigenvalue weighted by Crippen LogP contribution is 2.41. The summed E-state index contributed by atoms with van der Waals surface area (Å²) in [5.41, 5.74) is 1.38. The number of nitrogens with zero attached hydrogens (tertiary/aromatic N) is 4. The lowest BCUT2D eigenvalue weighted by molar-refractivity contribution is -0.123. The predicted molar refractivity (Wildman–Crippen MR) is 144 cm³/mol. The van der Waals surface area contributed by atoms with E-state index < -0.39 is 16.1 Å². The highest BCUT2D eigenvalue weighted by atomic mass is 32.2. The average Bonchev–Trinajstić information content (AvgIpc) is 3.63. The fourth-order valence-electron chi connectivity index (χ4n) is 4.45. The molecule has 0 N–H and O–H groups in total. The average molecular weight is 559 g/mol. The van der Waals surface area contributed by atoms with Gasteiger partial charge in [0.15, 0.2) is 5.13 Å². The Morgan fingerprint density at radius 2 is 1.95 bits per heavy atom. The number of rotatable bonds is 8. The normalized spacial score (nSPS) is 16.5. The number of pyridine rings is 1. The first kappa shape index (κ1) is 25.6. The van der Waals surface area contributed by atoms with Gasteiger partial charge in [-0.2, -0.15) is 4.31 Å². The third-order valence-electron chi connectivity index (χ3n) is 6.26. The zero-order chi connectivity index (χ0) is 26.0. The minimum Gasteiger partial charge on any atom is -0.495 e. The van der Waals surface area contributed by atoms with Crippen molar-refractivity contribution in [2.24, 2.45) is 0 Å². The number of ether oxygens (including phenoxy) is 2. The zero-order valence-electron chi connectivity index (χ0n) is 20.4. The predicted octanol–water partition coefficient (Wildman–Crippen LogP) is 4.55. The van der Waals surface area contributed by atoms with Crippen molar-refractivity contribution in [3.05, 3.63) is 59.7 Å². The number of hydrogen-bond donors (Lipinski definition) is 0. The molecule has 0 aliphatic carbocycles. The van der Waals surface area contributed by atoms with Crippen LogP contribution in [-0.2, 0) is 21.4 Å². The Morgan fingerprint density at radius 1 is 1.14 bits per heavy atom. The quantitative estimate of drug-likeness (QED) is 0.313. The maximum absolute atomic E-state index is 14.2. The third kappa shape index (κ3) is 4.93. The standard InChI is InChI=1S/C25H26N4O5S3/c1-33-19-10-11-20(34-2)23-22(19)27-25(36-23)28(16-17-7-5-12-26-15-17)24(30)18-8-3-4-13-29(18)37(31,32)21-9-6-14-35-21/h5-7,9-12,14-15,18H,3-4,8,13,16H2,1-2H3. The Bertz CT molecular complexity index is 1450. The van der Waals surface area contributed by atoms with Crippen LogP contribution >= 0.6 is 22.7 Å². The summed E-state index contributed by atoms with van der Waals surface area (Å²) in [6.07, 6.45) is 5.25. The molecule has 1 aliphatic heterocycles. The minimum absolute atomic E-state index is 0.195. The van der Waals surface area contributed by atoms with Crippen LogP contribution < -0.4 is 14.4 Å². The highest BCUT2D eigenvalue weighted by molar-refractivity contribution is 7.91. The number of anilines is 1. The third-order valence-corrected chi connectivity index (χ3v) is 10.6. The molecule has 194 valence electrons. The Kier molecular flexibility index (Phi) is 7.43. The highest BCUT2D eigenvalue weighted by Gasteiger charge is 2.41. The number of fused-ring (bicyclic) bond motifs is 1. The van der Waals surface area contributed by atoms with Crippen LogP contribution in [0.1, 0.15) is 24.8 Å². The summed E-state index contributed by atoms with van der Waals surface area (Å²) in [5.74, 6) is 0.861. The van der Waals surface area contributed by atoms with Gasteiger partial charge in [0.05, 0.1) is 20.8 Å². The molecule has 1 unspecified atom stereocenters. The minimum atomic E-state index is -3.81. The van der Waals surface area contributed by atoms with Crippen molar-refractivity contribution < 1.29 is 22.7 Å². The SMILES string of the molecule is COc1ccc(OC)c2sc(N(Cc3cccnc3)C(=O)C3CCCCN3S(=O)(=O)c3cccs3)nc12. The van der Waals surface area contributed by atoms with Gasteiger partial charge in [-0.25, -0.2) is 13.4 Å². The van der Waals surface area contributed by atoms with E-state index in [-0.39, 0.29) is 16.7 Å². The lowest BCUT2D eigenvalue weighted by atomic mass is 10.0. The molecule has 1 atom stereocenters. The van der Waals surface area contributed by atoms with Crippen LogP contribution in [0.4, 0.5) is 5.13 Å². The van der Waals surface area contributed by atoms with Gasteiger partial charge in [0, 0.05) is 18.9 Å². The van der Waals surface area contributed by atoms with Crippen molar-refractivity contribution in [2.45, 2.75) is 36.1 Å². The number of aromatic nitrogens is 2. The number of amides is 1. The van der Waals surface area contributed by atoms with E-state index in [1.807, 2.05) is 6.07 Å². The molecular weight excluding hydrogens is 532 g/mol. The second-order valence-corrected chi connectivity index (χ2v) is 12.5. The number of hydrogen-bond acceptors (Lipinski definition) is 9. The molecule has 3 aromatic heterocycles. The van der Waals surface area contributed by atoms with Gasteiger partial charge < -0.3 is 9.47 Å². The lowest BCUT2D eigenvalue weighted by Gasteiger charge is -2.35. The molecular formula is C25H26N4O5S3. The van der Waals surface area contributed by atoms with Crippen LogP contribution in [0.5, 0.6) is 11.5 Å². The molecule has 12 heteroatoms. The number of thiazole rings is 1. The van der Waals surface area contributed by atoms with Crippen molar-refractivity contribution in [2.75, 3.05) is 25.7 Å². The summed E-state index contributed by atoms with van der Waals surface area (Å²) in [4.78, 5) is 24.7. The molecule has 1 aromatic carbocycles. The number of sulfonamides is 1. The van der Waals surface area contributed by atoms with Gasteiger partial charge in [-0.15, -0.1) is 11.3 Å². The van der Waals surface area contributed by atoms with E-state index >= 15 is 0 Å². The van der Waals surface area contributed by atoms with Gasteiger partial charge >= 0.3 is 0 Å². The summed E-state index contributed by atoms with van der Waals surface area (Å²) in [6.45, 7) is 0.485. The maximum atomic E-state index is 14.2. The molecule has 0 spiro atoms. The second kappa shape index (κ2) is 10.7. The van der Waals surface area contributed by atoms with E-state index in [4.69, 9.17) is 14.5 Å². The van der Waals surface area contributed by atoms with Gasteiger partial charge in [0.25, 0.3) is 10.0 Å². The van der Waals surface area contributed by atoms with Gasteiger partial charge in [-0.05, 0) is 48.1 Å². The molecule has 9 nitrogen and oxygen atoms in total. The number of carbonyl (C=O) groups excluding carboxylic acids is 1. The lowest BCUT2D eigenvalue weighted by Crippen LogP contribution is -2.52. The summed E-state index contributed by atoms with van der Waals surface area (Å²) in [5, 5.41) is 2.16. The molecule has 4 heterocycles. The van der Waals surface area contributed by atoms with E-state index in [1.165, 1.54) is 15.6 Å². The van der Waals surface area contributed by atoms with Gasteiger partial charge in [-0.1, -0.05) is 29.9 Å². The van der Waals surface area contributed by atoms with Gasteiger partial charge in [0.1, 0.15) is 32.0 Å². The van der Waals surface area contributed by atoms with Gasteiger partial charge in [0.2, 0.25) is 5.91 Å². The number of methoxy groups -OCH3 is 2. The number of carbonyl (C=O) groups is 1. The van der Waals surface area contributed by atoms with Crippen molar-refractivity contribution in [3.8, 4) is 11.5 Å². The van der Waals surface area contributed by atoms with E-state index in [9.17, 15) is 13.2 Å². The Morgan fingerprint density at radius 3 is 2.65 bits per heavy atom. The van der Waals surface area contributed by atoms with Crippen LogP contribution in [0, 0.1) is 0 Å². The van der Waals surface area contributed by atoms with Crippen molar-refractivity contribution in [1.82, 2.24) is 14.3 Å². The van der Waals surface area contributed by atoms with E-state index in [1.54, 1.807) is 67.2 Å². The molecule has 1 fully saturated rings. The summed E-state index contributed by atoms with van der Waals surface area (Å²) < 4.78 is 40.4. The van der Waals surface area contributed by atoms with Crippen LogP contribution in [0.3, 0.4) is 0 Å². The molecule has 0 radical (unpaired) electrons. The maximum Gasteiger partial charge on any atom is 0.253 e. The zero-order valence-corrected chi connectivity index (χ0v) is 22.8. The first-order chi connectivity index (χ1) is 17.9. The topological polar surface area (TPSA) is 102 Å². The summed E-state index contributed by atoms with van der Waals surface area (Å²) >= 11 is 2.46. The number of piperidine rings is 1. The molecule has 5 rings (SSSR count). The van der Waals surface area contributed by atoms with E-state index in [0.717, 1.165) is 28.0 Å². The summed E-state index contributed by atoms with van der Waals surface area (Å²) in [6, 6.07) is 9.69. The number of benzene rings is 1. The fourth-order valence-corrected chi connectivity index (χ4v) is 8.30. The largest absolute Gasteiger partial charge is 0.495 e. The molecule has 4 aromatic rings. The van der Waals surface area contributed by atoms with Crippen LogP contribution in [-0.4, -0.2) is 55.4 Å². The smallest absolute Gasteiger partial charge is 0.253 e. The second-order valence-electron chi connectivity index (χ2n) is 8.49. The van der Waals surface area contributed by atoms with Crippen LogP contribution in [0.2, 0.25) is 0 Å². The Balaban J connectivity index is 1.59. The fraction of sp³-hybridized carbons (Fsp3) is 0.320. The first-order valence-corrected chi connectivity index (χ1v) is 14.8. The molecule has 0 bridgehead atoms. The Labute approximate surface area is 223 Å². The van der Waals surface area contributed by atoms with Gasteiger partial charge in [-0.3, -0.25) is 14.7 Å². The number of thiophene rings is 1. The van der Waals surface area contributed by atoms with Crippen LogP contribution in [0.25, 0.3) is 10.2 Å². The molecule has 1 saturated heterocycles. The van der Waals surface area contributed by atoms with E-state index in [0.29, 0.717) is 41.5 Å². The Hall–Kier alpha value is -3.06.